The molecule has 0 spiro atoms. The van der Waals surface area contributed by atoms with Crippen LogP contribution >= 0.6 is 23.5 Å². The maximum Gasteiger partial charge on any atom is 0.0752 e. The molecule has 0 unspecified atom stereocenters. The van der Waals surface area contributed by atoms with Gasteiger partial charge in [0, 0.05) is 0 Å². The van der Waals surface area contributed by atoms with Crippen LogP contribution in [0.15, 0.2) is 12.7 Å². The van der Waals surface area contributed by atoms with Crippen molar-refractivity contribution < 1.29 is 0 Å². The molecule has 1 fully saturated rings. The molecule has 0 aromatic heterocycles. The molecule has 0 saturated carbocycles. The largest absolute Gasteiger partial charge is 0.148 e. The van der Waals surface area contributed by atoms with E-state index in [1.54, 1.807) is 0 Å². The minimum atomic E-state index is -1.07. The Morgan fingerprint density at radius 2 is 1.87 bits per heavy atom. The van der Waals surface area contributed by atoms with Crippen LogP contribution in [0, 0.1) is 0 Å². The molecular weight excluding hydrogens is 236 g/mol. The van der Waals surface area contributed by atoms with Crippen molar-refractivity contribution in [1.82, 2.24) is 0 Å². The predicted octanol–water partition coefficient (Wildman–Crippen LogP) is 4.79. The molecule has 1 heterocycles. The van der Waals surface area contributed by atoms with Gasteiger partial charge in [-0.05, 0) is 37.2 Å². The Labute approximate surface area is 105 Å². The van der Waals surface area contributed by atoms with Crippen LogP contribution < -0.4 is 0 Å². The first kappa shape index (κ1) is 13.7. The van der Waals surface area contributed by atoms with E-state index in [1.807, 2.05) is 0 Å². The number of thioether (sulfide) groups is 2. The highest BCUT2D eigenvalue weighted by Crippen LogP contribution is 2.51. The van der Waals surface area contributed by atoms with E-state index >= 15 is 0 Å². The minimum Gasteiger partial charge on any atom is -0.148 e. The monoisotopic (exact) mass is 260 g/mol. The van der Waals surface area contributed by atoms with Crippen LogP contribution in [-0.4, -0.2) is 23.3 Å². The van der Waals surface area contributed by atoms with E-state index in [0.29, 0.717) is 3.70 Å². The molecule has 0 aromatic rings. The first-order valence-corrected chi connectivity index (χ1v) is 11.4. The first-order chi connectivity index (χ1) is 7.02. The van der Waals surface area contributed by atoms with Gasteiger partial charge in [-0.3, -0.25) is 0 Å². The summed E-state index contributed by atoms with van der Waals surface area (Å²) < 4.78 is 0.592. The first-order valence-electron chi connectivity index (χ1n) is 5.91. The Hall–Kier alpha value is 0.657. The van der Waals surface area contributed by atoms with Gasteiger partial charge in [-0.1, -0.05) is 25.7 Å². The summed E-state index contributed by atoms with van der Waals surface area (Å²) in [6.45, 7) is 11.4. The average molecular weight is 261 g/mol. The van der Waals surface area contributed by atoms with Gasteiger partial charge in [0.25, 0.3) is 0 Å². The van der Waals surface area contributed by atoms with E-state index in [0.717, 1.165) is 0 Å². The highest BCUT2D eigenvalue weighted by molar-refractivity contribution is 8.21. The minimum absolute atomic E-state index is 0.592. The summed E-state index contributed by atoms with van der Waals surface area (Å²) in [4.78, 5) is 0. The third-order valence-electron chi connectivity index (χ3n) is 3.02. The summed E-state index contributed by atoms with van der Waals surface area (Å²) in [5, 5.41) is 0. The van der Waals surface area contributed by atoms with E-state index in [1.165, 1.54) is 37.2 Å². The third-order valence-corrected chi connectivity index (χ3v) is 13.1. The van der Waals surface area contributed by atoms with E-state index in [-0.39, 0.29) is 0 Å². The molecule has 1 aliphatic heterocycles. The molecule has 0 bridgehead atoms. The van der Waals surface area contributed by atoms with Crippen LogP contribution in [0.5, 0.6) is 0 Å². The molecule has 0 aromatic carbocycles. The Morgan fingerprint density at radius 3 is 2.33 bits per heavy atom. The molecule has 0 aliphatic carbocycles. The van der Waals surface area contributed by atoms with Crippen LogP contribution in [0.2, 0.25) is 19.6 Å². The van der Waals surface area contributed by atoms with Crippen molar-refractivity contribution in [2.75, 3.05) is 11.5 Å². The lowest BCUT2D eigenvalue weighted by atomic mass is 10.2. The Bertz CT molecular complexity index is 202. The zero-order chi connectivity index (χ0) is 11.4. The molecule has 0 nitrogen and oxygen atoms in total. The molecule has 3 heteroatoms. The van der Waals surface area contributed by atoms with Crippen molar-refractivity contribution in [3.8, 4) is 0 Å². The zero-order valence-electron chi connectivity index (χ0n) is 10.3. The summed E-state index contributed by atoms with van der Waals surface area (Å²) in [5.74, 6) is 2.76. The maximum absolute atomic E-state index is 3.83. The van der Waals surface area contributed by atoms with Gasteiger partial charge in [-0.25, -0.2) is 0 Å². The van der Waals surface area contributed by atoms with Crippen molar-refractivity contribution >= 4 is 31.6 Å². The standard InChI is InChI=1S/C12H24S2Si/c1-5-6-7-9-12(15(2,3)4)13-10-8-11-14-12/h5H,1,6-11H2,2-4H3. The van der Waals surface area contributed by atoms with Gasteiger partial charge in [0.2, 0.25) is 0 Å². The summed E-state index contributed by atoms with van der Waals surface area (Å²) in [6, 6.07) is 0. The SMILES string of the molecule is C=CCCCC1([Si](C)(C)C)SCCCS1. The van der Waals surface area contributed by atoms with Gasteiger partial charge < -0.3 is 0 Å². The second-order valence-corrected chi connectivity index (χ2v) is 14.4. The predicted molar refractivity (Wildman–Crippen MR) is 79.7 cm³/mol. The van der Waals surface area contributed by atoms with Crippen molar-refractivity contribution in [2.45, 2.75) is 49.0 Å². The molecule has 88 valence electrons. The van der Waals surface area contributed by atoms with Gasteiger partial charge in [0.1, 0.15) is 0 Å². The highest BCUT2D eigenvalue weighted by Gasteiger charge is 2.44. The fourth-order valence-electron chi connectivity index (χ4n) is 2.01. The van der Waals surface area contributed by atoms with Crippen molar-refractivity contribution in [3.05, 3.63) is 12.7 Å². The van der Waals surface area contributed by atoms with Gasteiger partial charge in [0.05, 0.1) is 11.8 Å². The van der Waals surface area contributed by atoms with Crippen molar-refractivity contribution in [3.63, 3.8) is 0 Å². The van der Waals surface area contributed by atoms with Crippen molar-refractivity contribution in [2.24, 2.45) is 0 Å². The molecule has 0 amide bonds. The molecule has 0 N–H and O–H groups in total. The molecular formula is C12H24S2Si. The number of unbranched alkanes of at least 4 members (excludes halogenated alkanes) is 1. The van der Waals surface area contributed by atoms with Crippen LogP contribution in [0.4, 0.5) is 0 Å². The van der Waals surface area contributed by atoms with Gasteiger partial charge >= 0.3 is 0 Å². The third kappa shape index (κ3) is 3.57. The fourth-order valence-corrected chi connectivity index (χ4v) is 9.84. The van der Waals surface area contributed by atoms with Crippen molar-refractivity contribution in [1.29, 1.82) is 0 Å². The topological polar surface area (TPSA) is 0 Å². The van der Waals surface area contributed by atoms with Gasteiger partial charge in [0.15, 0.2) is 0 Å². The Morgan fingerprint density at radius 1 is 1.27 bits per heavy atom. The summed E-state index contributed by atoms with van der Waals surface area (Å²) in [5.41, 5.74) is 0. The summed E-state index contributed by atoms with van der Waals surface area (Å²) in [6.07, 6.45) is 7.38. The van der Waals surface area contributed by atoms with Gasteiger partial charge in [-0.15, -0.1) is 30.1 Å². The zero-order valence-corrected chi connectivity index (χ0v) is 13.0. The molecule has 1 aliphatic rings. The van der Waals surface area contributed by atoms with Crippen LogP contribution in [0.25, 0.3) is 0 Å². The number of allylic oxidation sites excluding steroid dienone is 1. The maximum atomic E-state index is 3.83. The average Bonchev–Trinajstić information content (AvgIpc) is 2.18. The van der Waals surface area contributed by atoms with E-state index < -0.39 is 8.07 Å². The normalized spacial score (nSPS) is 21.3. The Balaban J connectivity index is 2.63. The Kier molecular flexibility index (Phi) is 5.33. The lowest BCUT2D eigenvalue weighted by Crippen LogP contribution is -2.48. The molecule has 0 radical (unpaired) electrons. The molecule has 15 heavy (non-hydrogen) atoms. The van der Waals surface area contributed by atoms with E-state index in [4.69, 9.17) is 0 Å². The molecule has 0 atom stereocenters. The second kappa shape index (κ2) is 5.83. The van der Waals surface area contributed by atoms with Crippen LogP contribution in [-0.2, 0) is 0 Å². The van der Waals surface area contributed by atoms with Crippen LogP contribution in [0.1, 0.15) is 25.7 Å². The van der Waals surface area contributed by atoms with Gasteiger partial charge in [-0.2, -0.15) is 0 Å². The quantitative estimate of drug-likeness (QED) is 0.396. The summed E-state index contributed by atoms with van der Waals surface area (Å²) >= 11 is 4.52. The smallest absolute Gasteiger partial charge is 0.0752 e. The highest BCUT2D eigenvalue weighted by atomic mass is 32.2. The summed E-state index contributed by atoms with van der Waals surface area (Å²) in [7, 11) is -1.07. The molecule has 1 saturated heterocycles. The lowest BCUT2D eigenvalue weighted by molar-refractivity contribution is 0.759. The van der Waals surface area contributed by atoms with E-state index in [2.05, 4.69) is 55.8 Å². The van der Waals surface area contributed by atoms with Crippen LogP contribution in [0.3, 0.4) is 0 Å². The number of hydrogen-bond acceptors (Lipinski definition) is 2. The fraction of sp³-hybridized carbons (Fsp3) is 0.833. The number of hydrogen-bond donors (Lipinski definition) is 0. The number of rotatable bonds is 5. The lowest BCUT2D eigenvalue weighted by Gasteiger charge is -2.45. The van der Waals surface area contributed by atoms with E-state index in [9.17, 15) is 0 Å². The second-order valence-electron chi connectivity index (χ2n) is 5.23. The molecule has 1 rings (SSSR count).